The lowest BCUT2D eigenvalue weighted by molar-refractivity contribution is 0.140. The van der Waals surface area contributed by atoms with Crippen molar-refractivity contribution < 1.29 is 9.84 Å². The third-order valence-electron chi connectivity index (χ3n) is 4.87. The lowest BCUT2D eigenvalue weighted by Gasteiger charge is -2.24. The van der Waals surface area contributed by atoms with E-state index in [0.29, 0.717) is 0 Å². The molecule has 0 saturated heterocycles. The van der Waals surface area contributed by atoms with Crippen LogP contribution in [-0.4, -0.2) is 12.2 Å². The van der Waals surface area contributed by atoms with Crippen LogP contribution in [0.1, 0.15) is 40.7 Å². The number of methoxy groups -OCH3 is 1. The Morgan fingerprint density at radius 1 is 0.846 bits per heavy atom. The van der Waals surface area contributed by atoms with Crippen molar-refractivity contribution in [3.8, 4) is 5.75 Å². The number of aliphatic hydroxyl groups excluding tert-OH is 1. The Labute approximate surface area is 156 Å². The third kappa shape index (κ3) is 4.53. The zero-order valence-corrected chi connectivity index (χ0v) is 15.4. The summed E-state index contributed by atoms with van der Waals surface area (Å²) in [5.41, 5.74) is 4.59. The van der Waals surface area contributed by atoms with Crippen LogP contribution in [0.3, 0.4) is 0 Å². The largest absolute Gasteiger partial charge is 0.497 e. The number of benzene rings is 3. The van der Waals surface area contributed by atoms with E-state index in [-0.39, 0.29) is 5.92 Å². The van der Waals surface area contributed by atoms with Gasteiger partial charge in [0, 0.05) is 5.92 Å². The summed E-state index contributed by atoms with van der Waals surface area (Å²) < 4.78 is 5.33. The average Bonchev–Trinajstić information content (AvgIpc) is 2.69. The molecule has 0 aliphatic heterocycles. The first kappa shape index (κ1) is 18.2. The molecule has 3 aromatic carbocycles. The highest BCUT2D eigenvalue weighted by atomic mass is 16.5. The Balaban J connectivity index is 1.85. The van der Waals surface area contributed by atoms with Gasteiger partial charge in [-0.15, -0.1) is 0 Å². The van der Waals surface area contributed by atoms with E-state index in [1.807, 2.05) is 42.5 Å². The SMILES string of the molecule is COc1cccc(CCC(c2cccc(C)c2)C(O)c2ccccc2)c1. The van der Waals surface area contributed by atoms with Gasteiger partial charge in [0.2, 0.25) is 0 Å². The number of hydrogen-bond acceptors (Lipinski definition) is 2. The molecule has 0 bridgehead atoms. The second-order valence-corrected chi connectivity index (χ2v) is 6.77. The smallest absolute Gasteiger partial charge is 0.119 e. The third-order valence-corrected chi connectivity index (χ3v) is 4.87. The zero-order chi connectivity index (χ0) is 18.4. The molecule has 0 saturated carbocycles. The maximum absolute atomic E-state index is 11.1. The van der Waals surface area contributed by atoms with Crippen molar-refractivity contribution >= 4 is 0 Å². The topological polar surface area (TPSA) is 29.5 Å². The fourth-order valence-electron chi connectivity index (χ4n) is 3.44. The summed E-state index contributed by atoms with van der Waals surface area (Å²) in [4.78, 5) is 0. The van der Waals surface area contributed by atoms with Gasteiger partial charge in [0.05, 0.1) is 13.2 Å². The van der Waals surface area contributed by atoms with Crippen LogP contribution in [0, 0.1) is 6.92 Å². The summed E-state index contributed by atoms with van der Waals surface area (Å²) in [6.07, 6.45) is 1.23. The van der Waals surface area contributed by atoms with Crippen LogP contribution in [-0.2, 0) is 6.42 Å². The van der Waals surface area contributed by atoms with E-state index in [9.17, 15) is 5.11 Å². The van der Waals surface area contributed by atoms with Gasteiger partial charge in [-0.25, -0.2) is 0 Å². The predicted octanol–water partition coefficient (Wildman–Crippen LogP) is 5.45. The molecule has 3 rings (SSSR count). The molecule has 2 heteroatoms. The monoisotopic (exact) mass is 346 g/mol. The van der Waals surface area contributed by atoms with Crippen LogP contribution in [0.25, 0.3) is 0 Å². The summed E-state index contributed by atoms with van der Waals surface area (Å²) in [6.45, 7) is 2.09. The summed E-state index contributed by atoms with van der Waals surface area (Å²) in [7, 11) is 1.69. The van der Waals surface area contributed by atoms with E-state index in [0.717, 1.165) is 24.2 Å². The summed E-state index contributed by atoms with van der Waals surface area (Å²) in [6, 6.07) is 26.6. The molecule has 0 aliphatic rings. The quantitative estimate of drug-likeness (QED) is 0.616. The highest BCUT2D eigenvalue weighted by Gasteiger charge is 2.22. The Kier molecular flexibility index (Phi) is 6.08. The Morgan fingerprint density at radius 3 is 2.31 bits per heavy atom. The molecular weight excluding hydrogens is 320 g/mol. The molecule has 2 unspecified atom stereocenters. The molecule has 2 atom stereocenters. The molecule has 1 N–H and O–H groups in total. The maximum atomic E-state index is 11.1. The Bertz CT molecular complexity index is 826. The molecule has 0 radical (unpaired) electrons. The van der Waals surface area contributed by atoms with Crippen molar-refractivity contribution in [1.82, 2.24) is 0 Å². The van der Waals surface area contributed by atoms with Gasteiger partial charge in [0.25, 0.3) is 0 Å². The first-order chi connectivity index (χ1) is 12.7. The minimum absolute atomic E-state index is 0.0449. The van der Waals surface area contributed by atoms with Crippen LogP contribution in [0.4, 0.5) is 0 Å². The van der Waals surface area contributed by atoms with Gasteiger partial charge in [-0.1, -0.05) is 72.3 Å². The van der Waals surface area contributed by atoms with Crippen molar-refractivity contribution in [2.75, 3.05) is 7.11 Å². The van der Waals surface area contributed by atoms with Gasteiger partial charge in [-0.05, 0) is 48.6 Å². The normalized spacial score (nSPS) is 13.2. The molecule has 134 valence electrons. The number of aliphatic hydroxyl groups is 1. The fourth-order valence-corrected chi connectivity index (χ4v) is 3.44. The summed E-state index contributed by atoms with van der Waals surface area (Å²) in [5, 5.41) is 11.1. The van der Waals surface area contributed by atoms with Gasteiger partial charge in [-0.3, -0.25) is 0 Å². The molecule has 0 heterocycles. The molecular formula is C24H26O2. The Morgan fingerprint density at radius 2 is 1.58 bits per heavy atom. The van der Waals surface area contributed by atoms with Crippen LogP contribution in [0.5, 0.6) is 5.75 Å². The van der Waals surface area contributed by atoms with Gasteiger partial charge in [0.1, 0.15) is 5.75 Å². The van der Waals surface area contributed by atoms with Crippen molar-refractivity contribution in [2.45, 2.75) is 31.8 Å². The van der Waals surface area contributed by atoms with E-state index in [1.165, 1.54) is 16.7 Å². The maximum Gasteiger partial charge on any atom is 0.119 e. The van der Waals surface area contributed by atoms with Crippen molar-refractivity contribution in [3.63, 3.8) is 0 Å². The zero-order valence-electron chi connectivity index (χ0n) is 15.4. The minimum atomic E-state index is -0.524. The first-order valence-electron chi connectivity index (χ1n) is 9.10. The van der Waals surface area contributed by atoms with E-state index in [2.05, 4.69) is 43.3 Å². The lowest BCUT2D eigenvalue weighted by atomic mass is 9.84. The molecule has 0 spiro atoms. The second-order valence-electron chi connectivity index (χ2n) is 6.77. The second kappa shape index (κ2) is 8.68. The van der Waals surface area contributed by atoms with Crippen molar-refractivity contribution in [1.29, 1.82) is 0 Å². The molecule has 0 aliphatic carbocycles. The van der Waals surface area contributed by atoms with Crippen LogP contribution in [0.2, 0.25) is 0 Å². The fraction of sp³-hybridized carbons (Fsp3) is 0.250. The summed E-state index contributed by atoms with van der Waals surface area (Å²) >= 11 is 0. The molecule has 2 nitrogen and oxygen atoms in total. The summed E-state index contributed by atoms with van der Waals surface area (Å²) in [5.74, 6) is 0.918. The molecule has 0 amide bonds. The molecule has 0 aromatic heterocycles. The number of ether oxygens (including phenoxy) is 1. The Hall–Kier alpha value is -2.58. The van der Waals surface area contributed by atoms with Crippen molar-refractivity contribution in [2.24, 2.45) is 0 Å². The van der Waals surface area contributed by atoms with Gasteiger partial charge in [0.15, 0.2) is 0 Å². The van der Waals surface area contributed by atoms with Crippen LogP contribution < -0.4 is 4.74 Å². The minimum Gasteiger partial charge on any atom is -0.497 e. The average molecular weight is 346 g/mol. The van der Waals surface area contributed by atoms with E-state index in [1.54, 1.807) is 7.11 Å². The highest BCUT2D eigenvalue weighted by Crippen LogP contribution is 2.35. The van der Waals surface area contributed by atoms with Crippen LogP contribution >= 0.6 is 0 Å². The van der Waals surface area contributed by atoms with E-state index >= 15 is 0 Å². The lowest BCUT2D eigenvalue weighted by Crippen LogP contribution is -2.12. The van der Waals surface area contributed by atoms with Gasteiger partial charge >= 0.3 is 0 Å². The van der Waals surface area contributed by atoms with E-state index in [4.69, 9.17) is 4.74 Å². The highest BCUT2D eigenvalue weighted by molar-refractivity contribution is 5.32. The molecule has 3 aromatic rings. The number of hydrogen-bond donors (Lipinski definition) is 1. The van der Waals surface area contributed by atoms with Crippen molar-refractivity contribution in [3.05, 3.63) is 101 Å². The molecule has 0 fully saturated rings. The van der Waals surface area contributed by atoms with E-state index < -0.39 is 6.10 Å². The van der Waals surface area contributed by atoms with Gasteiger partial charge < -0.3 is 9.84 Å². The standard InChI is InChI=1S/C24H26O2/c1-18-8-6-12-21(16-18)23(24(25)20-10-4-3-5-11-20)15-14-19-9-7-13-22(17-19)26-2/h3-13,16-17,23-25H,14-15H2,1-2H3. The predicted molar refractivity (Wildman–Crippen MR) is 107 cm³/mol. The first-order valence-corrected chi connectivity index (χ1v) is 9.10. The molecule has 26 heavy (non-hydrogen) atoms. The number of aryl methyl sites for hydroxylation is 2. The van der Waals surface area contributed by atoms with Gasteiger partial charge in [-0.2, -0.15) is 0 Å². The van der Waals surface area contributed by atoms with Crippen LogP contribution in [0.15, 0.2) is 78.9 Å². The number of rotatable bonds is 7.